The summed E-state index contributed by atoms with van der Waals surface area (Å²) in [5.74, 6) is 0. The number of hydrogen-bond donors (Lipinski definition) is 1. The second-order valence-electron chi connectivity index (χ2n) is 4.83. The second kappa shape index (κ2) is 5.84. The fourth-order valence-corrected chi connectivity index (χ4v) is 1.30. The first-order chi connectivity index (χ1) is 7.53. The maximum Gasteiger partial charge on any atom is 0.335 e. The molecule has 0 aliphatic carbocycles. The second-order valence-corrected chi connectivity index (χ2v) is 4.83. The highest BCUT2D eigenvalue weighted by Crippen LogP contribution is 2.15. The van der Waals surface area contributed by atoms with Crippen LogP contribution in [0.2, 0.25) is 0 Å². The first-order valence-corrected chi connectivity index (χ1v) is 5.72. The summed E-state index contributed by atoms with van der Waals surface area (Å²) >= 11 is 0. The number of ether oxygens (including phenoxy) is 1. The van der Waals surface area contributed by atoms with Crippen LogP contribution in [0, 0.1) is 5.41 Å². The van der Waals surface area contributed by atoms with Gasteiger partial charge in [0.1, 0.15) is 6.33 Å². The number of hydrogen-bond acceptors (Lipinski definition) is 4. The predicted octanol–water partition coefficient (Wildman–Crippen LogP) is 1.22. The van der Waals surface area contributed by atoms with Crippen LogP contribution >= 0.6 is 0 Å². The van der Waals surface area contributed by atoms with Gasteiger partial charge in [0.05, 0.1) is 6.61 Å². The van der Waals surface area contributed by atoms with E-state index in [1.807, 2.05) is 7.05 Å². The quantitative estimate of drug-likeness (QED) is 0.710. The average molecular weight is 226 g/mol. The average Bonchev–Trinajstić information content (AvgIpc) is 2.62. The minimum absolute atomic E-state index is 0.0916. The molecule has 1 aromatic rings. The zero-order chi connectivity index (χ0) is 12.0. The van der Waals surface area contributed by atoms with Crippen LogP contribution < -0.4 is 10.1 Å². The van der Waals surface area contributed by atoms with Crippen LogP contribution in [0.3, 0.4) is 0 Å². The highest BCUT2D eigenvalue weighted by atomic mass is 16.5. The Kier molecular flexibility index (Phi) is 4.73. The Balaban J connectivity index is 2.29. The van der Waals surface area contributed by atoms with Gasteiger partial charge in [-0.15, -0.1) is 5.10 Å². The Hall–Kier alpha value is -1.10. The van der Waals surface area contributed by atoms with Gasteiger partial charge in [-0.05, 0) is 13.0 Å². The molecule has 0 bridgehead atoms. The van der Waals surface area contributed by atoms with Crippen molar-refractivity contribution in [2.45, 2.75) is 27.2 Å². The molecule has 0 spiro atoms. The van der Waals surface area contributed by atoms with Crippen molar-refractivity contribution >= 4 is 0 Å². The van der Waals surface area contributed by atoms with E-state index in [1.54, 1.807) is 11.0 Å². The fraction of sp³-hybridized carbons (Fsp3) is 0.818. The molecule has 0 saturated carbocycles. The predicted molar refractivity (Wildman–Crippen MR) is 63.4 cm³/mol. The summed E-state index contributed by atoms with van der Waals surface area (Å²) in [6.07, 6.45) is 2.79. The van der Waals surface area contributed by atoms with Crippen LogP contribution in [0.25, 0.3) is 0 Å². The lowest BCUT2D eigenvalue weighted by Gasteiger charge is -2.24. The molecule has 0 aliphatic rings. The highest BCUT2D eigenvalue weighted by Gasteiger charge is 2.19. The number of rotatable bonds is 7. The molecule has 0 aromatic carbocycles. The Labute approximate surface area is 97.2 Å². The van der Waals surface area contributed by atoms with Crippen molar-refractivity contribution < 1.29 is 4.74 Å². The Morgan fingerprint density at radius 1 is 1.50 bits per heavy atom. The minimum atomic E-state index is 0.0916. The van der Waals surface area contributed by atoms with E-state index in [2.05, 4.69) is 36.2 Å². The first kappa shape index (κ1) is 13.0. The van der Waals surface area contributed by atoms with E-state index >= 15 is 0 Å². The van der Waals surface area contributed by atoms with Gasteiger partial charge in [0.25, 0.3) is 0 Å². The molecule has 0 saturated heterocycles. The lowest BCUT2D eigenvalue weighted by atomic mass is 9.95. The molecule has 1 heterocycles. The summed E-state index contributed by atoms with van der Waals surface area (Å²) in [7, 11) is 1.83. The van der Waals surface area contributed by atoms with E-state index in [0.717, 1.165) is 19.5 Å². The van der Waals surface area contributed by atoms with Crippen molar-refractivity contribution in [1.29, 1.82) is 0 Å². The molecule has 1 rings (SSSR count). The van der Waals surface area contributed by atoms with Gasteiger partial charge in [-0.2, -0.15) is 4.98 Å². The normalized spacial score (nSPS) is 11.8. The maximum absolute atomic E-state index is 5.54. The van der Waals surface area contributed by atoms with Crippen molar-refractivity contribution in [2.24, 2.45) is 12.5 Å². The van der Waals surface area contributed by atoms with E-state index in [9.17, 15) is 0 Å². The Bertz CT molecular complexity index is 309. The maximum atomic E-state index is 5.54. The zero-order valence-corrected chi connectivity index (χ0v) is 10.7. The third-order valence-electron chi connectivity index (χ3n) is 2.20. The van der Waals surface area contributed by atoms with Crippen molar-refractivity contribution in [3.63, 3.8) is 0 Å². The third kappa shape index (κ3) is 4.61. The molecule has 0 aliphatic heterocycles. The number of aryl methyl sites for hydroxylation is 1. The SMILES string of the molecule is CCCNCC(C)(C)COc1ncn(C)n1. The summed E-state index contributed by atoms with van der Waals surface area (Å²) in [6, 6.07) is 0.450. The molecule has 1 aromatic heterocycles. The van der Waals surface area contributed by atoms with Crippen molar-refractivity contribution in [3.8, 4) is 6.01 Å². The lowest BCUT2D eigenvalue weighted by Crippen LogP contribution is -2.34. The molecule has 16 heavy (non-hydrogen) atoms. The zero-order valence-electron chi connectivity index (χ0n) is 10.7. The van der Waals surface area contributed by atoms with Crippen molar-refractivity contribution in [2.75, 3.05) is 19.7 Å². The Morgan fingerprint density at radius 2 is 2.25 bits per heavy atom. The van der Waals surface area contributed by atoms with Gasteiger partial charge in [-0.3, -0.25) is 4.68 Å². The van der Waals surface area contributed by atoms with Crippen LogP contribution in [-0.2, 0) is 7.05 Å². The summed E-state index contributed by atoms with van der Waals surface area (Å²) < 4.78 is 7.18. The number of nitrogens with one attached hydrogen (secondary N) is 1. The van der Waals surface area contributed by atoms with Crippen LogP contribution in [0.5, 0.6) is 6.01 Å². The summed E-state index contributed by atoms with van der Waals surface area (Å²) in [4.78, 5) is 4.02. The molecular formula is C11H22N4O. The van der Waals surface area contributed by atoms with Crippen molar-refractivity contribution in [1.82, 2.24) is 20.1 Å². The fourth-order valence-electron chi connectivity index (χ4n) is 1.30. The molecular weight excluding hydrogens is 204 g/mol. The lowest BCUT2D eigenvalue weighted by molar-refractivity contribution is 0.165. The van der Waals surface area contributed by atoms with Gasteiger partial charge in [0.2, 0.25) is 0 Å². The Morgan fingerprint density at radius 3 is 2.81 bits per heavy atom. The monoisotopic (exact) mass is 226 g/mol. The largest absolute Gasteiger partial charge is 0.462 e. The topological polar surface area (TPSA) is 52.0 Å². The molecule has 0 radical (unpaired) electrons. The van der Waals surface area contributed by atoms with Crippen molar-refractivity contribution in [3.05, 3.63) is 6.33 Å². The number of nitrogens with zero attached hydrogens (tertiary/aromatic N) is 3. The number of aromatic nitrogens is 3. The summed E-state index contributed by atoms with van der Waals surface area (Å²) in [5.41, 5.74) is 0.0916. The molecule has 0 atom stereocenters. The van der Waals surface area contributed by atoms with E-state index < -0.39 is 0 Å². The first-order valence-electron chi connectivity index (χ1n) is 5.72. The smallest absolute Gasteiger partial charge is 0.335 e. The standard InChI is InChI=1S/C11H22N4O/c1-5-6-12-7-11(2,3)8-16-10-13-9-15(4)14-10/h9,12H,5-8H2,1-4H3. The minimum Gasteiger partial charge on any atom is -0.462 e. The van der Waals surface area contributed by atoms with Gasteiger partial charge in [-0.25, -0.2) is 0 Å². The van der Waals surface area contributed by atoms with Crippen LogP contribution in [0.15, 0.2) is 6.33 Å². The van der Waals surface area contributed by atoms with E-state index in [1.165, 1.54) is 0 Å². The molecule has 0 amide bonds. The molecule has 1 N–H and O–H groups in total. The molecule has 92 valence electrons. The molecule has 5 nitrogen and oxygen atoms in total. The van der Waals surface area contributed by atoms with E-state index in [4.69, 9.17) is 4.74 Å². The third-order valence-corrected chi connectivity index (χ3v) is 2.20. The van der Waals surface area contributed by atoms with E-state index in [-0.39, 0.29) is 5.41 Å². The van der Waals surface area contributed by atoms with Crippen LogP contribution in [0.4, 0.5) is 0 Å². The summed E-state index contributed by atoms with van der Waals surface area (Å²) in [5, 5.41) is 7.46. The van der Waals surface area contributed by atoms with Gasteiger partial charge in [0.15, 0.2) is 0 Å². The van der Waals surface area contributed by atoms with Gasteiger partial charge >= 0.3 is 6.01 Å². The van der Waals surface area contributed by atoms with Crippen LogP contribution in [0.1, 0.15) is 27.2 Å². The molecule has 0 fully saturated rings. The molecule has 5 heteroatoms. The van der Waals surface area contributed by atoms with E-state index in [0.29, 0.717) is 12.6 Å². The van der Waals surface area contributed by atoms with Gasteiger partial charge < -0.3 is 10.1 Å². The molecule has 0 unspecified atom stereocenters. The van der Waals surface area contributed by atoms with Gasteiger partial charge in [-0.1, -0.05) is 20.8 Å². The highest BCUT2D eigenvalue weighted by molar-refractivity contribution is 4.88. The van der Waals surface area contributed by atoms with Crippen LogP contribution in [-0.4, -0.2) is 34.5 Å². The summed E-state index contributed by atoms with van der Waals surface area (Å²) in [6.45, 7) is 9.10. The van der Waals surface area contributed by atoms with Gasteiger partial charge in [0, 0.05) is 19.0 Å².